The first-order valence-electron chi connectivity index (χ1n) is 7.41. The second-order valence-corrected chi connectivity index (χ2v) is 5.74. The highest BCUT2D eigenvalue weighted by molar-refractivity contribution is 5.89. The van der Waals surface area contributed by atoms with E-state index in [1.54, 1.807) is 19.0 Å². The van der Waals surface area contributed by atoms with Crippen LogP contribution in [0.3, 0.4) is 0 Å². The topological polar surface area (TPSA) is 61.4 Å². The van der Waals surface area contributed by atoms with Gasteiger partial charge in [0.15, 0.2) is 0 Å². The Kier molecular flexibility index (Phi) is 5.20. The molecule has 2 rings (SSSR count). The number of carbonyl (C=O) groups is 2. The summed E-state index contributed by atoms with van der Waals surface area (Å²) in [7, 11) is 3.48. The number of benzene rings is 1. The molecule has 114 valence electrons. The van der Waals surface area contributed by atoms with Crippen LogP contribution in [-0.2, 0) is 11.2 Å². The molecule has 2 N–H and O–H groups in total. The number of hydrogen-bond acceptors (Lipinski definition) is 2. The van der Waals surface area contributed by atoms with Gasteiger partial charge < -0.3 is 15.5 Å². The predicted molar refractivity (Wildman–Crippen MR) is 83.3 cm³/mol. The van der Waals surface area contributed by atoms with Crippen LogP contribution < -0.4 is 10.6 Å². The van der Waals surface area contributed by atoms with Crippen molar-refractivity contribution in [3.05, 3.63) is 29.8 Å². The summed E-state index contributed by atoms with van der Waals surface area (Å²) in [6.07, 6.45) is 4.90. The molecule has 0 saturated heterocycles. The summed E-state index contributed by atoms with van der Waals surface area (Å²) in [5.41, 5.74) is 1.68. The fourth-order valence-electron chi connectivity index (χ4n) is 2.46. The van der Waals surface area contributed by atoms with Crippen LogP contribution in [0.4, 0.5) is 10.5 Å². The third kappa shape index (κ3) is 4.77. The van der Waals surface area contributed by atoms with Crippen molar-refractivity contribution in [1.82, 2.24) is 10.2 Å². The van der Waals surface area contributed by atoms with Gasteiger partial charge in [0.05, 0.1) is 6.42 Å². The molecular formula is C16H23N3O2. The van der Waals surface area contributed by atoms with E-state index >= 15 is 0 Å². The highest BCUT2D eigenvalue weighted by Gasteiger charge is 2.16. The van der Waals surface area contributed by atoms with Crippen LogP contribution >= 0.6 is 0 Å². The maximum absolute atomic E-state index is 11.8. The standard InChI is InChI=1S/C16H23N3O2/c1-19(2)15(20)11-12-7-9-14(10-8-12)18-16(21)17-13-5-3-4-6-13/h7-10,13H,3-6,11H2,1-2H3,(H2,17,18,21). The number of carbonyl (C=O) groups excluding carboxylic acids is 2. The maximum atomic E-state index is 11.8. The number of likely N-dealkylation sites (N-methyl/N-ethyl adjacent to an activating group) is 1. The van der Waals surface area contributed by atoms with Gasteiger partial charge in [-0.2, -0.15) is 0 Å². The SMILES string of the molecule is CN(C)C(=O)Cc1ccc(NC(=O)NC2CCCC2)cc1. The average molecular weight is 289 g/mol. The van der Waals surface area contributed by atoms with E-state index in [0.29, 0.717) is 12.5 Å². The first-order chi connectivity index (χ1) is 10.0. The smallest absolute Gasteiger partial charge is 0.319 e. The van der Waals surface area contributed by atoms with E-state index in [-0.39, 0.29) is 11.9 Å². The second kappa shape index (κ2) is 7.11. The summed E-state index contributed by atoms with van der Waals surface area (Å²) in [4.78, 5) is 25.0. The van der Waals surface area contributed by atoms with E-state index in [1.807, 2.05) is 24.3 Å². The molecule has 1 fully saturated rings. The van der Waals surface area contributed by atoms with Gasteiger partial charge in [-0.25, -0.2) is 4.79 Å². The molecule has 1 saturated carbocycles. The molecule has 1 aliphatic rings. The zero-order valence-electron chi connectivity index (χ0n) is 12.7. The summed E-state index contributed by atoms with van der Waals surface area (Å²) in [6, 6.07) is 7.54. The van der Waals surface area contributed by atoms with Gasteiger partial charge in [-0.05, 0) is 30.5 Å². The minimum atomic E-state index is -0.154. The minimum absolute atomic E-state index is 0.0645. The van der Waals surface area contributed by atoms with Gasteiger partial charge in [-0.1, -0.05) is 25.0 Å². The Hall–Kier alpha value is -2.04. The molecule has 1 aromatic carbocycles. The fourth-order valence-corrected chi connectivity index (χ4v) is 2.46. The average Bonchev–Trinajstić information content (AvgIpc) is 2.93. The van der Waals surface area contributed by atoms with Crippen molar-refractivity contribution in [2.24, 2.45) is 0 Å². The molecule has 0 aromatic heterocycles. The van der Waals surface area contributed by atoms with Gasteiger partial charge in [-0.3, -0.25) is 4.79 Å². The minimum Gasteiger partial charge on any atom is -0.349 e. The Morgan fingerprint density at radius 2 is 1.76 bits per heavy atom. The molecule has 0 spiro atoms. The molecule has 0 radical (unpaired) electrons. The Morgan fingerprint density at radius 3 is 2.33 bits per heavy atom. The molecule has 0 heterocycles. The van der Waals surface area contributed by atoms with E-state index in [0.717, 1.165) is 24.1 Å². The van der Waals surface area contributed by atoms with Crippen molar-refractivity contribution in [2.45, 2.75) is 38.1 Å². The van der Waals surface area contributed by atoms with Crippen LogP contribution in [0.15, 0.2) is 24.3 Å². The number of rotatable bonds is 4. The van der Waals surface area contributed by atoms with Crippen LogP contribution in [0.5, 0.6) is 0 Å². The molecule has 0 bridgehead atoms. The zero-order valence-corrected chi connectivity index (χ0v) is 12.7. The molecule has 1 aliphatic carbocycles. The van der Waals surface area contributed by atoms with E-state index in [1.165, 1.54) is 12.8 Å². The van der Waals surface area contributed by atoms with E-state index < -0.39 is 0 Å². The molecule has 3 amide bonds. The van der Waals surface area contributed by atoms with Crippen LogP contribution in [-0.4, -0.2) is 37.0 Å². The summed E-state index contributed by atoms with van der Waals surface area (Å²) < 4.78 is 0. The zero-order chi connectivity index (χ0) is 15.2. The van der Waals surface area contributed by atoms with Crippen LogP contribution in [0.2, 0.25) is 0 Å². The van der Waals surface area contributed by atoms with Gasteiger partial charge in [0.25, 0.3) is 0 Å². The Balaban J connectivity index is 1.84. The molecule has 5 nitrogen and oxygen atoms in total. The first-order valence-corrected chi connectivity index (χ1v) is 7.41. The van der Waals surface area contributed by atoms with Gasteiger partial charge in [-0.15, -0.1) is 0 Å². The maximum Gasteiger partial charge on any atom is 0.319 e. The summed E-state index contributed by atoms with van der Waals surface area (Å²) in [5, 5.41) is 5.80. The van der Waals surface area contributed by atoms with Crippen molar-refractivity contribution in [3.63, 3.8) is 0 Å². The Labute approximate surface area is 125 Å². The number of hydrogen-bond donors (Lipinski definition) is 2. The van der Waals surface area contributed by atoms with E-state index in [4.69, 9.17) is 0 Å². The lowest BCUT2D eigenvalue weighted by Crippen LogP contribution is -2.36. The molecule has 5 heteroatoms. The molecule has 21 heavy (non-hydrogen) atoms. The van der Waals surface area contributed by atoms with Crippen LogP contribution in [0, 0.1) is 0 Å². The van der Waals surface area contributed by atoms with Crippen LogP contribution in [0.1, 0.15) is 31.2 Å². The molecule has 0 aliphatic heterocycles. The lowest BCUT2D eigenvalue weighted by atomic mass is 10.1. The first kappa shape index (κ1) is 15.4. The number of nitrogens with zero attached hydrogens (tertiary/aromatic N) is 1. The number of urea groups is 1. The van der Waals surface area contributed by atoms with E-state index in [9.17, 15) is 9.59 Å². The van der Waals surface area contributed by atoms with Crippen molar-refractivity contribution in [1.29, 1.82) is 0 Å². The van der Waals surface area contributed by atoms with Gasteiger partial charge in [0.1, 0.15) is 0 Å². The normalized spacial score (nSPS) is 14.8. The Morgan fingerprint density at radius 1 is 1.14 bits per heavy atom. The monoisotopic (exact) mass is 289 g/mol. The third-order valence-corrected chi connectivity index (χ3v) is 3.76. The quantitative estimate of drug-likeness (QED) is 0.894. The largest absolute Gasteiger partial charge is 0.349 e. The molecule has 0 unspecified atom stereocenters. The molecule has 1 aromatic rings. The summed E-state index contributed by atoms with van der Waals surface area (Å²) >= 11 is 0. The number of amides is 3. The van der Waals surface area contributed by atoms with Gasteiger partial charge >= 0.3 is 6.03 Å². The lowest BCUT2D eigenvalue weighted by Gasteiger charge is -2.13. The third-order valence-electron chi connectivity index (χ3n) is 3.76. The van der Waals surface area contributed by atoms with Crippen LogP contribution in [0.25, 0.3) is 0 Å². The summed E-state index contributed by atoms with van der Waals surface area (Å²) in [6.45, 7) is 0. The predicted octanol–water partition coefficient (Wildman–Crippen LogP) is 2.38. The van der Waals surface area contributed by atoms with Crippen molar-refractivity contribution in [3.8, 4) is 0 Å². The van der Waals surface area contributed by atoms with Crippen molar-refractivity contribution < 1.29 is 9.59 Å². The Bertz CT molecular complexity index is 491. The molecule has 0 atom stereocenters. The second-order valence-electron chi connectivity index (χ2n) is 5.74. The number of anilines is 1. The van der Waals surface area contributed by atoms with Crippen molar-refractivity contribution in [2.75, 3.05) is 19.4 Å². The molecular weight excluding hydrogens is 266 g/mol. The number of nitrogens with one attached hydrogen (secondary N) is 2. The summed E-state index contributed by atoms with van der Waals surface area (Å²) in [5.74, 6) is 0.0645. The van der Waals surface area contributed by atoms with Gasteiger partial charge in [0, 0.05) is 25.8 Å². The van der Waals surface area contributed by atoms with E-state index in [2.05, 4.69) is 10.6 Å². The highest BCUT2D eigenvalue weighted by Crippen LogP contribution is 2.18. The van der Waals surface area contributed by atoms with Crippen molar-refractivity contribution >= 4 is 17.6 Å². The lowest BCUT2D eigenvalue weighted by molar-refractivity contribution is -0.127. The fraction of sp³-hybridized carbons (Fsp3) is 0.500. The highest BCUT2D eigenvalue weighted by atomic mass is 16.2. The van der Waals surface area contributed by atoms with Gasteiger partial charge in [0.2, 0.25) is 5.91 Å².